The first kappa shape index (κ1) is 18.3. The van der Waals surface area contributed by atoms with Crippen LogP contribution in [0.5, 0.6) is 0 Å². The summed E-state index contributed by atoms with van der Waals surface area (Å²) in [5.74, 6) is 0.567. The number of fused-ring (bicyclic) bond motifs is 1. The van der Waals surface area contributed by atoms with Crippen molar-refractivity contribution >= 4 is 17.2 Å². The lowest BCUT2D eigenvalue weighted by Crippen LogP contribution is -2.41. The second kappa shape index (κ2) is 7.59. The Balaban J connectivity index is 1.19. The van der Waals surface area contributed by atoms with E-state index in [1.807, 2.05) is 29.5 Å². The lowest BCUT2D eigenvalue weighted by Gasteiger charge is -2.36. The summed E-state index contributed by atoms with van der Waals surface area (Å²) in [6, 6.07) is 2.65. The van der Waals surface area contributed by atoms with Crippen molar-refractivity contribution in [2.24, 2.45) is 7.05 Å². The Bertz CT molecular complexity index is 821. The number of likely N-dealkylation sites (tertiary alicyclic amines) is 1. The molecule has 1 aliphatic carbocycles. The lowest BCUT2D eigenvalue weighted by molar-refractivity contribution is 0.0706. The number of aromatic nitrogens is 3. The lowest BCUT2D eigenvalue weighted by atomic mass is 9.91. The van der Waals surface area contributed by atoms with Gasteiger partial charge in [-0.3, -0.25) is 14.4 Å². The summed E-state index contributed by atoms with van der Waals surface area (Å²) in [5, 5.41) is 5.57. The first-order chi connectivity index (χ1) is 13.7. The van der Waals surface area contributed by atoms with E-state index in [4.69, 9.17) is 4.98 Å². The average Bonchev–Trinajstić information content (AvgIpc) is 3.24. The van der Waals surface area contributed by atoms with Crippen LogP contribution in [0.25, 0.3) is 0 Å². The molecule has 3 aliphatic rings. The zero-order chi connectivity index (χ0) is 19.1. The van der Waals surface area contributed by atoms with Gasteiger partial charge in [0.15, 0.2) is 0 Å². The third-order valence-electron chi connectivity index (χ3n) is 6.71. The van der Waals surface area contributed by atoms with Gasteiger partial charge in [-0.05, 0) is 38.2 Å². The van der Waals surface area contributed by atoms with Gasteiger partial charge >= 0.3 is 0 Å². The van der Waals surface area contributed by atoms with E-state index in [-0.39, 0.29) is 5.91 Å². The van der Waals surface area contributed by atoms with Crippen molar-refractivity contribution in [3.8, 4) is 0 Å². The highest BCUT2D eigenvalue weighted by Crippen LogP contribution is 2.35. The second-order valence-corrected chi connectivity index (χ2v) is 9.60. The molecule has 2 fully saturated rings. The second-order valence-electron chi connectivity index (χ2n) is 8.48. The van der Waals surface area contributed by atoms with Gasteiger partial charge in [0.25, 0.3) is 5.91 Å². The molecule has 0 unspecified atom stereocenters. The van der Waals surface area contributed by atoms with E-state index in [1.165, 1.54) is 54.4 Å². The van der Waals surface area contributed by atoms with Crippen molar-refractivity contribution < 1.29 is 4.79 Å². The number of thiazole rings is 1. The maximum Gasteiger partial charge on any atom is 0.274 e. The quantitative estimate of drug-likeness (QED) is 0.796. The minimum absolute atomic E-state index is 0.0602. The molecule has 2 aromatic heterocycles. The van der Waals surface area contributed by atoms with Crippen molar-refractivity contribution in [2.75, 3.05) is 26.2 Å². The van der Waals surface area contributed by atoms with Crippen LogP contribution in [0.1, 0.15) is 64.1 Å². The Hall–Kier alpha value is -1.73. The van der Waals surface area contributed by atoms with E-state index in [9.17, 15) is 4.79 Å². The summed E-state index contributed by atoms with van der Waals surface area (Å²) < 4.78 is 1.69. The van der Waals surface area contributed by atoms with Crippen molar-refractivity contribution in [1.29, 1.82) is 0 Å². The fourth-order valence-electron chi connectivity index (χ4n) is 4.71. The molecule has 0 bridgehead atoms. The average molecular weight is 400 g/mol. The number of aryl methyl sites for hydroxylation is 1. The Morgan fingerprint density at radius 1 is 1.11 bits per heavy atom. The summed E-state index contributed by atoms with van der Waals surface area (Å²) in [7, 11) is 1.85. The fraction of sp³-hybridized carbons (Fsp3) is 0.667. The molecule has 1 saturated heterocycles. The molecule has 0 spiro atoms. The first-order valence-corrected chi connectivity index (χ1v) is 11.5. The van der Waals surface area contributed by atoms with Crippen LogP contribution in [0.2, 0.25) is 0 Å². The smallest absolute Gasteiger partial charge is 0.274 e. The highest BCUT2D eigenvalue weighted by molar-refractivity contribution is 7.11. The Kier molecular flexibility index (Phi) is 4.97. The number of rotatable bonds is 3. The van der Waals surface area contributed by atoms with Crippen molar-refractivity contribution in [1.82, 2.24) is 24.6 Å². The summed E-state index contributed by atoms with van der Waals surface area (Å²) in [4.78, 5) is 23.8. The van der Waals surface area contributed by atoms with Gasteiger partial charge in [-0.2, -0.15) is 5.10 Å². The summed E-state index contributed by atoms with van der Waals surface area (Å²) in [6.45, 7) is 3.99. The largest absolute Gasteiger partial charge is 0.337 e. The maximum atomic E-state index is 12.6. The molecule has 0 radical (unpaired) electrons. The van der Waals surface area contributed by atoms with Crippen LogP contribution < -0.4 is 0 Å². The molecule has 4 heterocycles. The van der Waals surface area contributed by atoms with Gasteiger partial charge in [0.1, 0.15) is 5.69 Å². The van der Waals surface area contributed by atoms with E-state index in [2.05, 4.69) is 10.00 Å². The molecule has 0 aromatic carbocycles. The fourth-order valence-corrected chi connectivity index (χ4v) is 5.98. The predicted molar refractivity (Wildman–Crippen MR) is 110 cm³/mol. The standard InChI is InChI=1S/C21H29N5OS/c1-24-10-7-18(23-24)21(27)26-11-5-15(6-12-26)20-22-17-8-13-25(16-3-2-4-16)14-9-19(17)28-20/h7,10,15-16H,2-6,8-9,11-14H2,1H3. The van der Waals surface area contributed by atoms with Crippen LogP contribution in [0, 0.1) is 0 Å². The third-order valence-corrected chi connectivity index (χ3v) is 8.03. The Labute approximate surface area is 170 Å². The Morgan fingerprint density at radius 3 is 2.57 bits per heavy atom. The molecule has 28 heavy (non-hydrogen) atoms. The van der Waals surface area contributed by atoms with Crippen molar-refractivity contribution in [3.63, 3.8) is 0 Å². The molecule has 2 aliphatic heterocycles. The van der Waals surface area contributed by atoms with E-state index in [1.54, 1.807) is 10.7 Å². The van der Waals surface area contributed by atoms with Crippen molar-refractivity contribution in [3.05, 3.63) is 33.5 Å². The number of hydrogen-bond donors (Lipinski definition) is 0. The normalized spacial score (nSPS) is 22.0. The van der Waals surface area contributed by atoms with Crippen LogP contribution in [0.15, 0.2) is 12.3 Å². The molecule has 0 N–H and O–H groups in total. The van der Waals surface area contributed by atoms with Gasteiger partial charge in [-0.1, -0.05) is 6.42 Å². The van der Waals surface area contributed by atoms with E-state index in [0.29, 0.717) is 11.6 Å². The van der Waals surface area contributed by atoms with Gasteiger partial charge in [-0.25, -0.2) is 4.98 Å². The number of carbonyl (C=O) groups is 1. The Morgan fingerprint density at radius 2 is 1.89 bits per heavy atom. The van der Waals surface area contributed by atoms with Gasteiger partial charge in [-0.15, -0.1) is 11.3 Å². The van der Waals surface area contributed by atoms with E-state index >= 15 is 0 Å². The highest BCUT2D eigenvalue weighted by Gasteiger charge is 2.30. The number of piperidine rings is 1. The van der Waals surface area contributed by atoms with Crippen LogP contribution >= 0.6 is 11.3 Å². The zero-order valence-corrected chi connectivity index (χ0v) is 17.5. The third kappa shape index (κ3) is 3.50. The summed E-state index contributed by atoms with van der Waals surface area (Å²) in [6.07, 6.45) is 10.3. The predicted octanol–water partition coefficient (Wildman–Crippen LogP) is 2.85. The summed E-state index contributed by atoms with van der Waals surface area (Å²) in [5.41, 5.74) is 1.91. The SMILES string of the molecule is Cn1ccc(C(=O)N2CCC(c3nc4c(s3)CCN(C3CCC3)CC4)CC2)n1. The minimum atomic E-state index is 0.0602. The molecule has 1 amide bonds. The number of nitrogens with zero attached hydrogens (tertiary/aromatic N) is 5. The first-order valence-electron chi connectivity index (χ1n) is 10.7. The van der Waals surface area contributed by atoms with E-state index in [0.717, 1.165) is 38.4 Å². The van der Waals surface area contributed by atoms with Crippen LogP contribution in [-0.2, 0) is 19.9 Å². The molecule has 2 aromatic rings. The molecule has 5 rings (SSSR count). The monoisotopic (exact) mass is 399 g/mol. The summed E-state index contributed by atoms with van der Waals surface area (Å²) >= 11 is 1.95. The van der Waals surface area contributed by atoms with Crippen LogP contribution in [0.4, 0.5) is 0 Å². The molecule has 7 heteroatoms. The van der Waals surface area contributed by atoms with E-state index < -0.39 is 0 Å². The topological polar surface area (TPSA) is 54.3 Å². The molecule has 6 nitrogen and oxygen atoms in total. The van der Waals surface area contributed by atoms with Crippen LogP contribution in [-0.4, -0.2) is 62.7 Å². The van der Waals surface area contributed by atoms with Gasteiger partial charge in [0, 0.05) is 62.7 Å². The van der Waals surface area contributed by atoms with Gasteiger partial charge in [0.2, 0.25) is 0 Å². The molecule has 0 atom stereocenters. The molecular weight excluding hydrogens is 370 g/mol. The molecule has 150 valence electrons. The maximum absolute atomic E-state index is 12.6. The van der Waals surface area contributed by atoms with Crippen LogP contribution in [0.3, 0.4) is 0 Å². The highest BCUT2D eigenvalue weighted by atomic mass is 32.1. The van der Waals surface area contributed by atoms with Gasteiger partial charge < -0.3 is 4.90 Å². The minimum Gasteiger partial charge on any atom is -0.337 e. The number of carbonyl (C=O) groups excluding carboxylic acids is 1. The molecular formula is C21H29N5OS. The van der Waals surface area contributed by atoms with Crippen molar-refractivity contribution in [2.45, 2.75) is 56.9 Å². The van der Waals surface area contributed by atoms with Gasteiger partial charge in [0.05, 0.1) is 10.7 Å². The number of amides is 1. The molecule has 1 saturated carbocycles. The number of hydrogen-bond acceptors (Lipinski definition) is 5. The zero-order valence-electron chi connectivity index (χ0n) is 16.6.